The SMILES string of the molecule is CN(CC1CC1)C(=O)/C=C\c1ccc(-c2ccccc2Cl)s1. The topological polar surface area (TPSA) is 20.3 Å². The van der Waals surface area contributed by atoms with Crippen LogP contribution in [0.3, 0.4) is 0 Å². The number of nitrogens with zero attached hydrogens (tertiary/aromatic N) is 1. The number of halogens is 1. The number of rotatable bonds is 5. The van der Waals surface area contributed by atoms with E-state index in [-0.39, 0.29) is 5.91 Å². The fourth-order valence-corrected chi connectivity index (χ4v) is 3.55. The number of amides is 1. The first kappa shape index (κ1) is 15.3. The molecule has 0 N–H and O–H groups in total. The maximum absolute atomic E-state index is 12.0. The highest BCUT2D eigenvalue weighted by Gasteiger charge is 2.23. The van der Waals surface area contributed by atoms with Crippen molar-refractivity contribution in [3.05, 3.63) is 52.4 Å². The molecule has 0 radical (unpaired) electrons. The van der Waals surface area contributed by atoms with Crippen molar-refractivity contribution in [3.63, 3.8) is 0 Å². The van der Waals surface area contributed by atoms with E-state index in [9.17, 15) is 4.79 Å². The molecule has 1 aliphatic rings. The van der Waals surface area contributed by atoms with Crippen LogP contribution in [-0.2, 0) is 4.79 Å². The van der Waals surface area contributed by atoms with E-state index in [0.29, 0.717) is 0 Å². The summed E-state index contributed by atoms with van der Waals surface area (Å²) in [6.45, 7) is 0.873. The van der Waals surface area contributed by atoms with Crippen LogP contribution in [0.15, 0.2) is 42.5 Å². The quantitative estimate of drug-likeness (QED) is 0.710. The van der Waals surface area contributed by atoms with Gasteiger partial charge in [0.2, 0.25) is 5.91 Å². The summed E-state index contributed by atoms with van der Waals surface area (Å²) in [5.74, 6) is 0.788. The van der Waals surface area contributed by atoms with Gasteiger partial charge in [-0.3, -0.25) is 4.79 Å². The highest BCUT2D eigenvalue weighted by molar-refractivity contribution is 7.16. The third-order valence-corrected chi connectivity index (χ3v) is 5.17. The van der Waals surface area contributed by atoms with E-state index in [1.165, 1.54) is 12.8 Å². The van der Waals surface area contributed by atoms with Crippen molar-refractivity contribution in [1.29, 1.82) is 0 Å². The van der Waals surface area contributed by atoms with Crippen molar-refractivity contribution >= 4 is 34.9 Å². The van der Waals surface area contributed by atoms with Crippen molar-refractivity contribution in [1.82, 2.24) is 4.90 Å². The highest BCUT2D eigenvalue weighted by Crippen LogP contribution is 2.33. The van der Waals surface area contributed by atoms with Gasteiger partial charge in [0.1, 0.15) is 0 Å². The lowest BCUT2D eigenvalue weighted by molar-refractivity contribution is -0.124. The molecule has 0 bridgehead atoms. The molecule has 1 aromatic carbocycles. The average Bonchev–Trinajstić information content (AvgIpc) is 3.20. The molecule has 2 aromatic rings. The second-order valence-corrected chi connectivity index (χ2v) is 7.20. The third kappa shape index (κ3) is 3.79. The molecule has 2 nitrogen and oxygen atoms in total. The molecule has 1 heterocycles. The Morgan fingerprint density at radius 2 is 2.09 bits per heavy atom. The van der Waals surface area contributed by atoms with Crippen LogP contribution in [-0.4, -0.2) is 24.4 Å². The maximum atomic E-state index is 12.0. The lowest BCUT2D eigenvalue weighted by Gasteiger charge is -2.13. The molecule has 114 valence electrons. The molecule has 0 unspecified atom stereocenters. The Morgan fingerprint density at radius 3 is 2.82 bits per heavy atom. The van der Waals surface area contributed by atoms with Crippen LogP contribution >= 0.6 is 22.9 Å². The fourth-order valence-electron chi connectivity index (χ4n) is 2.31. The predicted molar refractivity (Wildman–Crippen MR) is 94.2 cm³/mol. The molecule has 0 saturated heterocycles. The van der Waals surface area contributed by atoms with Crippen molar-refractivity contribution in [2.75, 3.05) is 13.6 Å². The van der Waals surface area contributed by atoms with E-state index in [1.807, 2.05) is 49.5 Å². The summed E-state index contributed by atoms with van der Waals surface area (Å²) in [4.78, 5) is 16.0. The number of likely N-dealkylation sites (N-methyl/N-ethyl adjacent to an activating group) is 1. The molecule has 3 rings (SSSR count). The molecule has 0 spiro atoms. The molecule has 1 aromatic heterocycles. The number of carbonyl (C=O) groups is 1. The van der Waals surface area contributed by atoms with E-state index < -0.39 is 0 Å². The molecule has 1 saturated carbocycles. The normalized spacial score (nSPS) is 14.5. The Balaban J connectivity index is 1.67. The summed E-state index contributed by atoms with van der Waals surface area (Å²) in [5, 5.41) is 0.750. The van der Waals surface area contributed by atoms with E-state index in [2.05, 4.69) is 0 Å². The molecule has 1 fully saturated rings. The molecule has 22 heavy (non-hydrogen) atoms. The first-order valence-corrected chi connectivity index (χ1v) is 8.61. The van der Waals surface area contributed by atoms with Crippen LogP contribution in [0.1, 0.15) is 17.7 Å². The van der Waals surface area contributed by atoms with E-state index in [4.69, 9.17) is 11.6 Å². The zero-order valence-corrected chi connectivity index (χ0v) is 14.0. The first-order chi connectivity index (χ1) is 10.6. The van der Waals surface area contributed by atoms with Gasteiger partial charge in [-0.1, -0.05) is 29.8 Å². The van der Waals surface area contributed by atoms with E-state index >= 15 is 0 Å². The lowest BCUT2D eigenvalue weighted by Crippen LogP contribution is -2.26. The molecular weight excluding hydrogens is 314 g/mol. The zero-order chi connectivity index (χ0) is 15.5. The van der Waals surface area contributed by atoms with Gasteiger partial charge >= 0.3 is 0 Å². The number of carbonyl (C=O) groups excluding carboxylic acids is 1. The lowest BCUT2D eigenvalue weighted by atomic mass is 10.2. The molecule has 1 amide bonds. The van der Waals surface area contributed by atoms with Crippen LogP contribution in [0.4, 0.5) is 0 Å². The van der Waals surface area contributed by atoms with Gasteiger partial charge in [-0.05, 0) is 43.0 Å². The number of thiophene rings is 1. The van der Waals surface area contributed by atoms with Crippen LogP contribution < -0.4 is 0 Å². The molecule has 1 aliphatic carbocycles. The summed E-state index contributed by atoms with van der Waals surface area (Å²) in [6.07, 6.45) is 6.06. The van der Waals surface area contributed by atoms with Gasteiger partial charge in [-0.25, -0.2) is 0 Å². The molecule has 4 heteroatoms. The minimum atomic E-state index is 0.0691. The van der Waals surface area contributed by atoms with Crippen molar-refractivity contribution < 1.29 is 4.79 Å². The second-order valence-electron chi connectivity index (χ2n) is 5.68. The predicted octanol–water partition coefficient (Wildman–Crippen LogP) is 4.95. The Bertz CT molecular complexity index is 703. The molecule has 0 aliphatic heterocycles. The third-order valence-electron chi connectivity index (χ3n) is 3.76. The minimum Gasteiger partial charge on any atom is -0.342 e. The van der Waals surface area contributed by atoms with Gasteiger partial charge in [0.15, 0.2) is 0 Å². The van der Waals surface area contributed by atoms with Gasteiger partial charge in [0.05, 0.1) is 0 Å². The molecule has 0 atom stereocenters. The van der Waals surface area contributed by atoms with Gasteiger partial charge in [0.25, 0.3) is 0 Å². The van der Waals surface area contributed by atoms with Crippen molar-refractivity contribution in [2.45, 2.75) is 12.8 Å². The Hall–Kier alpha value is -1.58. The smallest absolute Gasteiger partial charge is 0.246 e. The Labute approximate surface area is 140 Å². The summed E-state index contributed by atoms with van der Waals surface area (Å²) >= 11 is 7.86. The Morgan fingerprint density at radius 1 is 1.32 bits per heavy atom. The number of hydrogen-bond donors (Lipinski definition) is 0. The highest BCUT2D eigenvalue weighted by atomic mass is 35.5. The monoisotopic (exact) mass is 331 g/mol. The van der Waals surface area contributed by atoms with Gasteiger partial charge in [-0.15, -0.1) is 11.3 Å². The van der Waals surface area contributed by atoms with Crippen molar-refractivity contribution in [2.24, 2.45) is 5.92 Å². The first-order valence-electron chi connectivity index (χ1n) is 7.41. The van der Waals surface area contributed by atoms with Crippen LogP contribution in [0.2, 0.25) is 5.02 Å². The van der Waals surface area contributed by atoms with E-state index in [1.54, 1.807) is 22.3 Å². The summed E-state index contributed by atoms with van der Waals surface area (Å²) < 4.78 is 0. The zero-order valence-electron chi connectivity index (χ0n) is 12.5. The fraction of sp³-hybridized carbons (Fsp3) is 0.278. The second kappa shape index (κ2) is 6.67. The summed E-state index contributed by atoms with van der Waals surface area (Å²) in [7, 11) is 1.87. The average molecular weight is 332 g/mol. The van der Waals surface area contributed by atoms with Crippen LogP contribution in [0, 0.1) is 5.92 Å². The Kier molecular flexibility index (Phi) is 4.65. The maximum Gasteiger partial charge on any atom is 0.246 e. The number of benzene rings is 1. The van der Waals surface area contributed by atoms with Crippen molar-refractivity contribution in [3.8, 4) is 10.4 Å². The largest absolute Gasteiger partial charge is 0.342 e. The summed E-state index contributed by atoms with van der Waals surface area (Å²) in [5.41, 5.74) is 1.03. The minimum absolute atomic E-state index is 0.0691. The van der Waals surface area contributed by atoms with Gasteiger partial charge in [0, 0.05) is 40.0 Å². The number of hydrogen-bond acceptors (Lipinski definition) is 2. The van der Waals surface area contributed by atoms with Crippen LogP contribution in [0.25, 0.3) is 16.5 Å². The van der Waals surface area contributed by atoms with Crippen LogP contribution in [0.5, 0.6) is 0 Å². The summed E-state index contributed by atoms with van der Waals surface area (Å²) in [6, 6.07) is 11.9. The molecular formula is C18H18ClNOS. The standard InChI is InChI=1S/C18H18ClNOS/c1-20(12-13-6-7-13)18(21)11-9-14-8-10-17(22-14)15-4-2-3-5-16(15)19/h2-5,8-11,13H,6-7,12H2,1H3/b11-9-. The van der Waals surface area contributed by atoms with E-state index in [0.717, 1.165) is 32.8 Å². The van der Waals surface area contributed by atoms with Gasteiger partial charge < -0.3 is 4.90 Å². The van der Waals surface area contributed by atoms with Gasteiger partial charge in [-0.2, -0.15) is 0 Å².